The maximum atomic E-state index is 4.64. The zero-order valence-corrected chi connectivity index (χ0v) is 48.6. The molecule has 0 aromatic rings. The molecule has 0 aliphatic rings. The van der Waals surface area contributed by atoms with E-state index in [1.54, 1.807) is 0 Å². The molecule has 108 heavy (non-hydrogen) atoms. The zero-order valence-electron chi connectivity index (χ0n) is 48.6. The van der Waals surface area contributed by atoms with E-state index in [4.69, 9.17) is 0 Å². The molecule has 108 heteroatoms. The Hall–Kier alpha value is -21.6. The van der Waals surface area contributed by atoms with Crippen molar-refractivity contribution in [1.29, 1.82) is 0 Å². The molecule has 0 saturated carbocycles. The SMILES string of the molecule is N/N=N/N=N/N=N/N=N/N=N/N=N/N=N/N=N/N=N/N=N/N=N/N=N/N=N/N=N/N=N/N=N/N=N/N=N/N=N/N=N/N=N/N=N/N=N/N=N/N=N/N=N/N=N/N=N/N=N/N=N/N=N/N=N/N=N/N=N/N=N/N=N/N=N/N=N/N=N/N=N/N=N/N=N/N=N/N=N/N=N/N=N/N=N/N=N/N=N/N=N/N=N/N=N/N=N/N. The average Bonchev–Trinajstić information content (AvgIpc) is 3.89. The molecular formula is H4N108. The number of nitrogens with zero attached hydrogens (tertiary/aromatic N) is 106. The van der Waals surface area contributed by atoms with Crippen molar-refractivity contribution >= 4 is 0 Å². The van der Waals surface area contributed by atoms with E-state index >= 15 is 0 Å². The Labute approximate surface area is 565 Å². The Balaban J connectivity index is 4.13. The van der Waals surface area contributed by atoms with Gasteiger partial charge in [-0.25, -0.2) is 0 Å². The van der Waals surface area contributed by atoms with E-state index in [0.717, 1.165) is 0 Å². The van der Waals surface area contributed by atoms with Gasteiger partial charge in [-0.1, -0.05) is 10.4 Å². The summed E-state index contributed by atoms with van der Waals surface area (Å²) in [5.74, 6) is 9.27. The van der Waals surface area contributed by atoms with Crippen LogP contribution in [-0.2, 0) is 0 Å². The first-order valence-electron chi connectivity index (χ1n) is 21.5. The predicted molar refractivity (Wildman–Crippen MR) is 266 cm³/mol. The van der Waals surface area contributed by atoms with Crippen LogP contribution < -0.4 is 11.7 Å². The molecule has 0 aliphatic carbocycles. The van der Waals surface area contributed by atoms with Crippen molar-refractivity contribution in [2.75, 3.05) is 0 Å². The minimum atomic E-state index is 2.75. The molecule has 108 nitrogen and oxygen atoms in total. The lowest BCUT2D eigenvalue weighted by atomic mass is 12.3. The van der Waals surface area contributed by atoms with E-state index in [0.29, 0.717) is 0 Å². The molecule has 0 heterocycles. The predicted octanol–water partition coefficient (Wildman–Crippen LogP) is 18.3. The quantitative estimate of drug-likeness (QED) is 0.0341. The molecule has 0 radical (unpaired) electrons. The molecule has 0 atom stereocenters. The van der Waals surface area contributed by atoms with E-state index in [2.05, 4.69) is 565 Å². The maximum Gasteiger partial charge on any atom is 0 e. The summed E-state index contributed by atoms with van der Waals surface area (Å²) in [6.45, 7) is 0. The van der Waals surface area contributed by atoms with Crippen molar-refractivity contribution in [2.24, 2.45) is 565 Å². The van der Waals surface area contributed by atoms with E-state index in [1.165, 1.54) is 0 Å². The van der Waals surface area contributed by atoms with Gasteiger partial charge in [0.05, 0.1) is 0 Å². The topological polar surface area (TPSA) is 1360 Å². The van der Waals surface area contributed by atoms with E-state index in [-0.39, 0.29) is 0 Å². The number of rotatable bonds is 52. The zero-order chi connectivity index (χ0) is 77.0. The first-order valence-corrected chi connectivity index (χ1v) is 21.5. The Morgan fingerprint density at radius 2 is 0.0741 bits per heavy atom. The fourth-order valence-corrected chi connectivity index (χ4v) is 1.87. The van der Waals surface area contributed by atoms with Crippen LogP contribution in [0, 0.1) is 0 Å². The molecule has 544 valence electrons. The summed E-state index contributed by atoms with van der Waals surface area (Å²) in [6.07, 6.45) is 0. The third-order valence-electron chi connectivity index (χ3n) is 4.22. The van der Waals surface area contributed by atoms with E-state index in [1.807, 2.05) is 0 Å². The second-order valence-corrected chi connectivity index (χ2v) is 9.53. The lowest BCUT2D eigenvalue weighted by Crippen LogP contribution is -1.70. The molecular weight excluding hydrogens is 1510 g/mol. The monoisotopic (exact) mass is 1520 g/mol. The number of hydrogen-bond acceptors (Lipinski definition) is 2. The lowest BCUT2D eigenvalue weighted by Gasteiger charge is -1.71. The van der Waals surface area contributed by atoms with Crippen LogP contribution in [0.2, 0.25) is 0 Å². The van der Waals surface area contributed by atoms with Gasteiger partial charge in [0.2, 0.25) is 0 Å². The minimum Gasteiger partial charge on any atom is -0.303 e. The molecule has 0 aromatic carbocycles. The van der Waals surface area contributed by atoms with Gasteiger partial charge in [-0.3, -0.25) is 0 Å². The molecule has 0 bridgehead atoms. The number of hydrogen-bond donors (Lipinski definition) is 2. The van der Waals surface area contributed by atoms with Crippen molar-refractivity contribution in [3.63, 3.8) is 0 Å². The Morgan fingerprint density at radius 3 is 0.102 bits per heavy atom. The second kappa shape index (κ2) is 85.4. The van der Waals surface area contributed by atoms with Crippen LogP contribution in [0.1, 0.15) is 0 Å². The highest BCUT2D eigenvalue weighted by Gasteiger charge is 1.81. The van der Waals surface area contributed by atoms with Gasteiger partial charge in [-0.05, 0) is 73.1 Å². The highest BCUT2D eigenvalue weighted by atomic mass is 15.8. The highest BCUT2D eigenvalue weighted by Crippen LogP contribution is 1.99. The first kappa shape index (κ1) is 86.4. The van der Waals surface area contributed by atoms with Gasteiger partial charge >= 0.3 is 0 Å². The largest absolute Gasteiger partial charge is 0.303 e. The summed E-state index contributed by atoms with van der Waals surface area (Å²) in [4.78, 5) is 0. The number of nitrogens with two attached hydrogens (primary N) is 2. The van der Waals surface area contributed by atoms with Gasteiger partial charge in [-0.2, -0.15) is 0 Å². The Bertz CT molecular complexity index is 3750. The summed E-state index contributed by atoms with van der Waals surface area (Å²) in [6, 6.07) is 0. The molecule has 0 spiro atoms. The lowest BCUT2D eigenvalue weighted by molar-refractivity contribution is 0.723. The fraction of sp³-hybridized carbons (Fsp3) is 0. The van der Waals surface area contributed by atoms with Gasteiger partial charge in [0.1, 0.15) is 0 Å². The molecule has 0 amide bonds. The molecule has 0 rings (SSSR count). The van der Waals surface area contributed by atoms with Crippen molar-refractivity contribution in [3.05, 3.63) is 0 Å². The van der Waals surface area contributed by atoms with Crippen molar-refractivity contribution in [2.45, 2.75) is 0 Å². The van der Waals surface area contributed by atoms with Crippen LogP contribution in [0.5, 0.6) is 0 Å². The van der Waals surface area contributed by atoms with Gasteiger partial charge < -0.3 is 11.7 Å². The van der Waals surface area contributed by atoms with E-state index < -0.39 is 0 Å². The minimum absolute atomic E-state index is 2.75. The standard InChI is InChI=1S/H4N108/c1-3-5-7-9-11-13-15-17-19-21-23-25-27-29-31-33-35-37-39-41-43-45-47-49-51-53-55-57-59-61-63-65-67-69-71-73-75-77-79-81-83-85-87-89-91-93-95-97-99-101-103-105-107-108-106-104-102-100-98-96-94-92-90-88-86-84-82-80-78-76-74-72-70-68-66-64-62-60-58-56-54-52-50-48-46-44-42-40-38-36-34-32-30-28-26-24-22-20-18-16-14-12-10-8-6-4-2/h(H2,1,4,5,8,9,12,13,16,17,20,21,24,25,28,29,32,33,36,37,40,41,44,45,48,49,52,53,56,57,60,61,64,65,68,69,72,73,76,77,80,81,84,85,88,89,92,93,96,97,100,101,104,105,108)(H2,2,3,6,7,10,11,14,15,18,19,22,23,26,27,30,31,34,35,38,39,42,43,46,47,50,51,54,55,58,59,62,63,66,67,70,71,74,75,78,79,82,83,86,87,90,91,94,95,98,99,102,103,106,107). The van der Waals surface area contributed by atoms with Crippen LogP contribution >= 0.6 is 0 Å². The molecule has 0 aromatic heterocycles. The molecule has 4 N–H and O–H groups in total. The van der Waals surface area contributed by atoms with Crippen LogP contribution in [-0.4, -0.2) is 0 Å². The summed E-state index contributed by atoms with van der Waals surface area (Å²) in [5, 5.41) is 317. The summed E-state index contributed by atoms with van der Waals surface area (Å²) in [5.41, 5.74) is 0. The van der Waals surface area contributed by atoms with Crippen molar-refractivity contribution < 1.29 is 0 Å². The van der Waals surface area contributed by atoms with Crippen LogP contribution in [0.15, 0.2) is 554 Å². The smallest absolute Gasteiger partial charge is 0 e. The maximum absolute atomic E-state index is 4.64. The normalized spacial score (nSPS) is 15.7. The first-order chi connectivity index (χ1) is 53.9. The summed E-state index contributed by atoms with van der Waals surface area (Å²) >= 11 is 0. The molecule has 0 unspecified atom stereocenters. The molecule has 0 saturated heterocycles. The molecule has 0 fully saturated rings. The summed E-state index contributed by atoms with van der Waals surface area (Å²) in [7, 11) is 0. The van der Waals surface area contributed by atoms with Crippen molar-refractivity contribution in [3.8, 4) is 0 Å². The second-order valence-electron chi connectivity index (χ2n) is 9.53. The third kappa shape index (κ3) is 84.4. The molecule has 0 aliphatic heterocycles. The fourth-order valence-electron chi connectivity index (χ4n) is 1.87. The Kier molecular flexibility index (Phi) is 68.3. The van der Waals surface area contributed by atoms with Crippen LogP contribution in [0.4, 0.5) is 0 Å². The van der Waals surface area contributed by atoms with Crippen LogP contribution in [0.3, 0.4) is 0 Å². The van der Waals surface area contributed by atoms with Gasteiger partial charge in [0.15, 0.2) is 0 Å². The van der Waals surface area contributed by atoms with Crippen LogP contribution in [0.25, 0.3) is 0 Å². The van der Waals surface area contributed by atoms with Gasteiger partial charge in [0.25, 0.3) is 0 Å². The highest BCUT2D eigenvalue weighted by molar-refractivity contribution is 4.24. The summed E-state index contributed by atoms with van der Waals surface area (Å²) < 4.78 is 0. The third-order valence-corrected chi connectivity index (χ3v) is 4.22. The van der Waals surface area contributed by atoms with Gasteiger partial charge in [-0.15, -0.1) is 0 Å². The van der Waals surface area contributed by atoms with E-state index in [9.17, 15) is 0 Å². The van der Waals surface area contributed by atoms with Crippen molar-refractivity contribution in [1.82, 2.24) is 0 Å². The Morgan fingerprint density at radius 1 is 0.0463 bits per heavy atom. The van der Waals surface area contributed by atoms with Gasteiger partial charge in [0, 0.05) is 470 Å². The average molecular weight is 1520 g/mol.